The maximum absolute atomic E-state index is 14.0. The van der Waals surface area contributed by atoms with Crippen molar-refractivity contribution in [3.05, 3.63) is 78.9 Å². The summed E-state index contributed by atoms with van der Waals surface area (Å²) in [6, 6.07) is 17.4. The molecule has 1 atom stereocenters. The third-order valence-corrected chi connectivity index (χ3v) is 6.58. The molecule has 0 aliphatic rings. The first kappa shape index (κ1) is 24.6. The van der Waals surface area contributed by atoms with Gasteiger partial charge in [0.05, 0.1) is 28.8 Å². The van der Waals surface area contributed by atoms with Crippen molar-refractivity contribution in [2.45, 2.75) is 26.5 Å². The number of rotatable bonds is 7. The summed E-state index contributed by atoms with van der Waals surface area (Å²) < 4.78 is 14.0. The highest BCUT2D eigenvalue weighted by Crippen LogP contribution is 2.35. The summed E-state index contributed by atoms with van der Waals surface area (Å²) >= 11 is 0. The highest BCUT2D eigenvalue weighted by molar-refractivity contribution is 6.00. The lowest BCUT2D eigenvalue weighted by molar-refractivity contribution is 0.176. The van der Waals surface area contributed by atoms with Crippen molar-refractivity contribution in [3.8, 4) is 39.5 Å². The number of anilines is 1. The summed E-state index contributed by atoms with van der Waals surface area (Å²) in [4.78, 5) is 12.6. The first-order valence-electron chi connectivity index (χ1n) is 12.7. The number of hydrogen-bond donors (Lipinski definition) is 5. The Kier molecular flexibility index (Phi) is 6.20. The molecule has 0 amide bonds. The van der Waals surface area contributed by atoms with Gasteiger partial charge in [0.15, 0.2) is 0 Å². The second-order valence-electron chi connectivity index (χ2n) is 10.1. The molecule has 8 nitrogen and oxygen atoms in total. The van der Waals surface area contributed by atoms with Gasteiger partial charge in [-0.1, -0.05) is 26.0 Å². The van der Waals surface area contributed by atoms with E-state index in [1.807, 2.05) is 42.5 Å². The first-order chi connectivity index (χ1) is 18.8. The van der Waals surface area contributed by atoms with Crippen LogP contribution in [0.2, 0.25) is 0 Å². The van der Waals surface area contributed by atoms with Crippen molar-refractivity contribution in [1.82, 2.24) is 25.1 Å². The molecule has 4 heterocycles. The molecule has 0 bridgehead atoms. The van der Waals surface area contributed by atoms with Gasteiger partial charge >= 0.3 is 0 Å². The molecule has 9 heteroatoms. The smallest absolute Gasteiger partial charge is 0.135 e. The minimum atomic E-state index is -0.666. The number of hydrogen-bond acceptors (Lipinski definition) is 6. The van der Waals surface area contributed by atoms with Crippen LogP contribution >= 0.6 is 0 Å². The number of nitrogens with one attached hydrogen (secondary N) is 3. The average molecular weight is 523 g/mol. The Hall–Kier alpha value is -4.76. The highest BCUT2D eigenvalue weighted by atomic mass is 19.1. The zero-order valence-corrected chi connectivity index (χ0v) is 21.4. The molecule has 1 unspecified atom stereocenters. The number of nitrogens with zero attached hydrogens (tertiary/aromatic N) is 3. The Balaban J connectivity index is 1.38. The molecule has 4 aromatic heterocycles. The zero-order chi connectivity index (χ0) is 27.1. The summed E-state index contributed by atoms with van der Waals surface area (Å²) in [6.45, 7) is 4.11. The molecule has 2 aromatic carbocycles. The highest BCUT2D eigenvalue weighted by Gasteiger charge is 2.16. The number of benzene rings is 2. The number of aliphatic hydroxyl groups excluding tert-OH is 1. The molecule has 5 N–H and O–H groups in total. The quantitative estimate of drug-likeness (QED) is 0.153. The SMILES string of the molecule is CC(C)CC(O)Nc1cncc(-c2ccc3[nH]nc(-c4cc5c(-c6cc(O)cc(F)c6)cccc5[nH]4)c3n2)c1. The molecular formula is C30H27FN6O2. The maximum Gasteiger partial charge on any atom is 0.135 e. The van der Waals surface area contributed by atoms with Crippen LogP contribution in [-0.2, 0) is 0 Å². The predicted molar refractivity (Wildman–Crippen MR) is 151 cm³/mol. The van der Waals surface area contributed by atoms with Crippen LogP contribution in [0.3, 0.4) is 0 Å². The second-order valence-corrected chi connectivity index (χ2v) is 10.1. The largest absolute Gasteiger partial charge is 0.508 e. The molecule has 0 aliphatic heterocycles. The van der Waals surface area contributed by atoms with E-state index in [2.05, 4.69) is 39.3 Å². The van der Waals surface area contributed by atoms with Gasteiger partial charge in [-0.05, 0) is 65.9 Å². The molecule has 6 rings (SSSR count). The number of aromatic amines is 2. The van der Waals surface area contributed by atoms with Crippen molar-refractivity contribution in [1.29, 1.82) is 0 Å². The number of halogens is 1. The summed E-state index contributed by atoms with van der Waals surface area (Å²) in [5.41, 5.74) is 7.29. The fourth-order valence-electron chi connectivity index (χ4n) is 4.87. The summed E-state index contributed by atoms with van der Waals surface area (Å²) in [6.07, 6.45) is 3.37. The molecule has 0 aliphatic carbocycles. The van der Waals surface area contributed by atoms with Gasteiger partial charge in [-0.15, -0.1) is 0 Å². The number of phenolic OH excluding ortho intramolecular Hbond substituents is 1. The van der Waals surface area contributed by atoms with Crippen LogP contribution in [0.15, 0.2) is 73.1 Å². The Morgan fingerprint density at radius 2 is 1.85 bits per heavy atom. The van der Waals surface area contributed by atoms with Gasteiger partial charge in [-0.3, -0.25) is 10.1 Å². The standard InChI is InChI=1S/C30H27FN6O2/c1-16(2)8-28(39)33-20-10-18(14-32-15-20)24-6-7-26-29(35-24)30(37-36-26)27-13-23-22(4-3-5-25(23)34-27)17-9-19(31)12-21(38)11-17/h3-7,9-16,28,33-34,38-39H,8H2,1-2H3,(H,36,37). The minimum Gasteiger partial charge on any atom is -0.508 e. The van der Waals surface area contributed by atoms with Crippen LogP contribution in [0.1, 0.15) is 20.3 Å². The number of pyridine rings is 2. The van der Waals surface area contributed by atoms with Crippen molar-refractivity contribution < 1.29 is 14.6 Å². The number of aliphatic hydroxyl groups is 1. The fraction of sp³-hybridized carbons (Fsp3) is 0.167. The van der Waals surface area contributed by atoms with Gasteiger partial charge < -0.3 is 20.5 Å². The van der Waals surface area contributed by atoms with Crippen molar-refractivity contribution in [2.24, 2.45) is 5.92 Å². The molecule has 196 valence electrons. The lowest BCUT2D eigenvalue weighted by Crippen LogP contribution is -2.20. The fourth-order valence-corrected chi connectivity index (χ4v) is 4.87. The molecule has 39 heavy (non-hydrogen) atoms. The van der Waals surface area contributed by atoms with Gasteiger partial charge in [0.25, 0.3) is 0 Å². The minimum absolute atomic E-state index is 0.129. The summed E-state index contributed by atoms with van der Waals surface area (Å²) in [5, 5.41) is 31.8. The van der Waals surface area contributed by atoms with Crippen molar-refractivity contribution in [2.75, 3.05) is 5.32 Å². The molecule has 6 aromatic rings. The average Bonchev–Trinajstić information content (AvgIpc) is 3.51. The zero-order valence-electron chi connectivity index (χ0n) is 21.4. The van der Waals surface area contributed by atoms with E-state index in [4.69, 9.17) is 4.98 Å². The van der Waals surface area contributed by atoms with Crippen molar-refractivity contribution >= 4 is 27.6 Å². The Bertz CT molecular complexity index is 1790. The van der Waals surface area contributed by atoms with Crippen LogP contribution < -0.4 is 5.32 Å². The van der Waals surface area contributed by atoms with Crippen LogP contribution in [0.25, 0.3) is 55.7 Å². The number of phenols is 1. The number of aromatic nitrogens is 5. The van der Waals surface area contributed by atoms with Crippen LogP contribution in [0, 0.1) is 11.7 Å². The van der Waals surface area contributed by atoms with Crippen molar-refractivity contribution in [3.63, 3.8) is 0 Å². The Labute approximate surface area is 223 Å². The van der Waals surface area contributed by atoms with E-state index in [1.54, 1.807) is 18.5 Å². The first-order valence-corrected chi connectivity index (χ1v) is 12.7. The van der Waals surface area contributed by atoms with Gasteiger partial charge in [0.2, 0.25) is 0 Å². The van der Waals surface area contributed by atoms with Gasteiger partial charge in [-0.25, -0.2) is 9.37 Å². The monoisotopic (exact) mass is 522 g/mol. The van der Waals surface area contributed by atoms with E-state index < -0.39 is 12.0 Å². The van der Waals surface area contributed by atoms with E-state index in [1.165, 1.54) is 6.07 Å². The number of H-pyrrole nitrogens is 2. The van der Waals surface area contributed by atoms with Gasteiger partial charge in [0, 0.05) is 28.7 Å². The second kappa shape index (κ2) is 9.85. The Morgan fingerprint density at radius 3 is 2.67 bits per heavy atom. The lowest BCUT2D eigenvalue weighted by Gasteiger charge is -2.16. The lowest BCUT2D eigenvalue weighted by atomic mass is 10.0. The van der Waals surface area contributed by atoms with Gasteiger partial charge in [0.1, 0.15) is 29.0 Å². The van der Waals surface area contributed by atoms with Crippen LogP contribution in [0.4, 0.5) is 10.1 Å². The molecule has 0 saturated heterocycles. The summed E-state index contributed by atoms with van der Waals surface area (Å²) in [5.74, 6) is -0.277. The number of fused-ring (bicyclic) bond motifs is 2. The summed E-state index contributed by atoms with van der Waals surface area (Å²) in [7, 11) is 0. The van der Waals surface area contributed by atoms with Crippen LogP contribution in [-0.4, -0.2) is 41.6 Å². The third kappa shape index (κ3) is 4.92. The topological polar surface area (TPSA) is 123 Å². The Morgan fingerprint density at radius 1 is 0.974 bits per heavy atom. The van der Waals surface area contributed by atoms with E-state index in [9.17, 15) is 14.6 Å². The van der Waals surface area contributed by atoms with E-state index in [0.29, 0.717) is 40.5 Å². The van der Waals surface area contributed by atoms with E-state index in [-0.39, 0.29) is 5.75 Å². The van der Waals surface area contributed by atoms with E-state index >= 15 is 0 Å². The maximum atomic E-state index is 14.0. The molecular weight excluding hydrogens is 495 g/mol. The van der Waals surface area contributed by atoms with Crippen LogP contribution in [0.5, 0.6) is 5.75 Å². The molecule has 0 radical (unpaired) electrons. The third-order valence-electron chi connectivity index (χ3n) is 6.58. The van der Waals surface area contributed by atoms with E-state index in [0.717, 1.165) is 39.3 Å². The predicted octanol–water partition coefficient (Wildman–Crippen LogP) is 6.46. The normalized spacial score (nSPS) is 12.4. The molecule has 0 spiro atoms. The molecule has 0 saturated carbocycles. The van der Waals surface area contributed by atoms with Gasteiger partial charge in [-0.2, -0.15) is 5.10 Å². The number of aromatic hydroxyl groups is 1. The molecule has 0 fully saturated rings.